The fourth-order valence-corrected chi connectivity index (χ4v) is 4.94. The van der Waals surface area contributed by atoms with Gasteiger partial charge < -0.3 is 15.0 Å². The van der Waals surface area contributed by atoms with Crippen LogP contribution in [0.25, 0.3) is 0 Å². The number of piperidine rings is 1. The van der Waals surface area contributed by atoms with Crippen molar-refractivity contribution in [2.45, 2.75) is 70.1 Å². The van der Waals surface area contributed by atoms with E-state index in [2.05, 4.69) is 27.4 Å². The molecule has 1 aliphatic heterocycles. The van der Waals surface area contributed by atoms with E-state index >= 15 is 0 Å². The summed E-state index contributed by atoms with van der Waals surface area (Å²) < 4.78 is 5.69. The summed E-state index contributed by atoms with van der Waals surface area (Å²) >= 11 is 0. The maximum atomic E-state index is 13.2. The molecule has 1 aliphatic carbocycles. The van der Waals surface area contributed by atoms with E-state index in [1.807, 2.05) is 37.1 Å². The molecule has 2 atom stereocenters. The Morgan fingerprint density at radius 2 is 1.84 bits per heavy atom. The van der Waals surface area contributed by atoms with Gasteiger partial charge in [-0.3, -0.25) is 4.79 Å². The Morgan fingerprint density at radius 1 is 1.10 bits per heavy atom. The van der Waals surface area contributed by atoms with Crippen LogP contribution in [-0.4, -0.2) is 59.2 Å². The first-order valence-electron chi connectivity index (χ1n) is 11.6. The predicted molar refractivity (Wildman–Crippen MR) is 121 cm³/mol. The third-order valence-corrected chi connectivity index (χ3v) is 6.84. The first-order valence-corrected chi connectivity index (χ1v) is 11.6. The molecule has 166 valence electrons. The van der Waals surface area contributed by atoms with E-state index in [1.54, 1.807) is 0 Å². The topological polar surface area (TPSA) is 67.3 Å². The second-order valence-corrected chi connectivity index (χ2v) is 8.85. The van der Waals surface area contributed by atoms with Gasteiger partial charge in [0.2, 0.25) is 0 Å². The molecule has 6 heteroatoms. The average molecular weight is 423 g/mol. The molecular weight excluding hydrogens is 388 g/mol. The summed E-state index contributed by atoms with van der Waals surface area (Å²) in [4.78, 5) is 24.0. The third-order valence-electron chi connectivity index (χ3n) is 6.84. The minimum atomic E-state index is 0.0279. The number of nitrogens with zero attached hydrogens (tertiary/aromatic N) is 3. The summed E-state index contributed by atoms with van der Waals surface area (Å²) in [6.07, 6.45) is 9.36. The molecule has 1 aromatic heterocycles. The van der Waals surface area contributed by atoms with Gasteiger partial charge in [-0.1, -0.05) is 43.2 Å². The summed E-state index contributed by atoms with van der Waals surface area (Å²) in [5, 5.41) is 3.82. The molecule has 1 amide bonds. The van der Waals surface area contributed by atoms with Crippen LogP contribution in [0.3, 0.4) is 0 Å². The van der Waals surface area contributed by atoms with Gasteiger partial charge in [0, 0.05) is 44.3 Å². The van der Waals surface area contributed by atoms with Crippen molar-refractivity contribution in [2.75, 3.05) is 20.2 Å². The van der Waals surface area contributed by atoms with Crippen molar-refractivity contribution >= 4 is 5.91 Å². The number of rotatable bonds is 6. The predicted octanol–water partition coefficient (Wildman–Crippen LogP) is 3.53. The lowest BCUT2D eigenvalue weighted by Gasteiger charge is -2.38. The SMILES string of the molecule is COC1CCCCC1NC1CCN(C(=O)c2ncnc(Cc3ccccc3)c2C)CC1. The molecule has 0 bridgehead atoms. The molecule has 2 aromatic rings. The van der Waals surface area contributed by atoms with Crippen LogP contribution in [0.15, 0.2) is 36.7 Å². The normalized spacial score (nSPS) is 22.5. The van der Waals surface area contributed by atoms with Crippen LogP contribution in [0.2, 0.25) is 0 Å². The van der Waals surface area contributed by atoms with E-state index < -0.39 is 0 Å². The number of hydrogen-bond acceptors (Lipinski definition) is 5. The van der Waals surface area contributed by atoms with Gasteiger partial charge in [0.05, 0.1) is 11.8 Å². The second kappa shape index (κ2) is 10.3. The maximum absolute atomic E-state index is 13.2. The molecule has 1 N–H and O–H groups in total. The molecule has 2 fully saturated rings. The van der Waals surface area contributed by atoms with Gasteiger partial charge >= 0.3 is 0 Å². The highest BCUT2D eigenvalue weighted by molar-refractivity contribution is 5.93. The van der Waals surface area contributed by atoms with Crippen molar-refractivity contribution in [1.82, 2.24) is 20.2 Å². The first kappa shape index (κ1) is 21.9. The number of ether oxygens (including phenoxy) is 1. The first-order chi connectivity index (χ1) is 15.2. The Balaban J connectivity index is 1.36. The molecule has 0 spiro atoms. The van der Waals surface area contributed by atoms with Crippen LogP contribution in [0.1, 0.15) is 65.8 Å². The van der Waals surface area contributed by atoms with Gasteiger partial charge in [0.25, 0.3) is 5.91 Å². The van der Waals surface area contributed by atoms with Crippen LogP contribution in [0, 0.1) is 6.92 Å². The fraction of sp³-hybridized carbons (Fsp3) is 0.560. The third kappa shape index (κ3) is 5.31. The molecule has 6 nitrogen and oxygen atoms in total. The van der Waals surface area contributed by atoms with E-state index in [-0.39, 0.29) is 5.91 Å². The lowest BCUT2D eigenvalue weighted by molar-refractivity contribution is 0.0329. The number of carbonyl (C=O) groups is 1. The number of likely N-dealkylation sites (tertiary alicyclic amines) is 1. The highest BCUT2D eigenvalue weighted by atomic mass is 16.5. The lowest BCUT2D eigenvalue weighted by atomic mass is 9.90. The standard InChI is InChI=1S/C25H34N4O2/c1-18-22(16-19-8-4-3-5-9-19)26-17-27-24(18)25(30)29-14-12-20(13-15-29)28-21-10-6-7-11-23(21)31-2/h3-5,8-9,17,20-21,23,28H,6-7,10-16H2,1-2H3. The van der Waals surface area contributed by atoms with Crippen molar-refractivity contribution in [1.29, 1.82) is 0 Å². The van der Waals surface area contributed by atoms with Crippen LogP contribution in [0.5, 0.6) is 0 Å². The highest BCUT2D eigenvalue weighted by Crippen LogP contribution is 2.23. The van der Waals surface area contributed by atoms with Crippen molar-refractivity contribution in [3.8, 4) is 0 Å². The fourth-order valence-electron chi connectivity index (χ4n) is 4.94. The van der Waals surface area contributed by atoms with Gasteiger partial charge in [-0.05, 0) is 38.2 Å². The van der Waals surface area contributed by atoms with Gasteiger partial charge in [-0.25, -0.2) is 9.97 Å². The summed E-state index contributed by atoms with van der Waals surface area (Å²) in [5.74, 6) is 0.0279. The molecule has 2 aliphatic rings. The van der Waals surface area contributed by atoms with Crippen LogP contribution in [0.4, 0.5) is 0 Å². The van der Waals surface area contributed by atoms with E-state index in [0.29, 0.717) is 30.3 Å². The number of aromatic nitrogens is 2. The van der Waals surface area contributed by atoms with Crippen molar-refractivity contribution in [3.63, 3.8) is 0 Å². The van der Waals surface area contributed by atoms with Crippen LogP contribution >= 0.6 is 0 Å². The molecule has 0 radical (unpaired) electrons. The molecule has 1 saturated carbocycles. The Bertz CT molecular complexity index is 865. The molecule has 1 saturated heterocycles. The number of carbonyl (C=O) groups excluding carboxylic acids is 1. The average Bonchev–Trinajstić information content (AvgIpc) is 2.81. The van der Waals surface area contributed by atoms with Crippen molar-refractivity contribution in [3.05, 3.63) is 59.2 Å². The highest BCUT2D eigenvalue weighted by Gasteiger charge is 2.30. The van der Waals surface area contributed by atoms with E-state index in [1.165, 1.54) is 31.2 Å². The molecule has 2 heterocycles. The molecule has 2 unspecified atom stereocenters. The minimum absolute atomic E-state index is 0.0279. The number of benzene rings is 1. The molecule has 31 heavy (non-hydrogen) atoms. The monoisotopic (exact) mass is 422 g/mol. The molecule has 4 rings (SSSR count). The van der Waals surface area contributed by atoms with Gasteiger partial charge in [0.1, 0.15) is 12.0 Å². The van der Waals surface area contributed by atoms with Gasteiger partial charge in [-0.15, -0.1) is 0 Å². The Kier molecular flexibility index (Phi) is 7.30. The maximum Gasteiger partial charge on any atom is 0.272 e. The Labute approximate surface area is 185 Å². The van der Waals surface area contributed by atoms with Crippen LogP contribution < -0.4 is 5.32 Å². The zero-order valence-corrected chi connectivity index (χ0v) is 18.7. The zero-order valence-electron chi connectivity index (χ0n) is 18.7. The minimum Gasteiger partial charge on any atom is -0.380 e. The number of amides is 1. The summed E-state index contributed by atoms with van der Waals surface area (Å²) in [6, 6.07) is 11.1. The second-order valence-electron chi connectivity index (χ2n) is 8.85. The summed E-state index contributed by atoms with van der Waals surface area (Å²) in [6.45, 7) is 3.49. The molecule has 1 aromatic carbocycles. The number of hydrogen-bond donors (Lipinski definition) is 1. The zero-order chi connectivity index (χ0) is 21.6. The quantitative estimate of drug-likeness (QED) is 0.771. The summed E-state index contributed by atoms with van der Waals surface area (Å²) in [5.41, 5.74) is 3.54. The number of nitrogens with one attached hydrogen (secondary N) is 1. The Morgan fingerprint density at radius 3 is 2.58 bits per heavy atom. The largest absolute Gasteiger partial charge is 0.380 e. The van der Waals surface area contributed by atoms with E-state index in [0.717, 1.165) is 43.6 Å². The van der Waals surface area contributed by atoms with Gasteiger partial charge in [0.15, 0.2) is 0 Å². The van der Waals surface area contributed by atoms with Gasteiger partial charge in [-0.2, -0.15) is 0 Å². The van der Waals surface area contributed by atoms with Crippen LogP contribution in [-0.2, 0) is 11.2 Å². The van der Waals surface area contributed by atoms with E-state index in [9.17, 15) is 4.79 Å². The lowest BCUT2D eigenvalue weighted by Crippen LogP contribution is -2.52. The summed E-state index contributed by atoms with van der Waals surface area (Å²) in [7, 11) is 1.82. The smallest absolute Gasteiger partial charge is 0.272 e. The Hall–Kier alpha value is -2.31. The van der Waals surface area contributed by atoms with Crippen molar-refractivity contribution in [2.24, 2.45) is 0 Å². The number of methoxy groups -OCH3 is 1. The van der Waals surface area contributed by atoms with Crippen molar-refractivity contribution < 1.29 is 9.53 Å². The molecular formula is C25H34N4O2. The van der Waals surface area contributed by atoms with E-state index in [4.69, 9.17) is 4.74 Å².